The minimum absolute atomic E-state index is 0.00569. The van der Waals surface area contributed by atoms with Gasteiger partial charge in [0.2, 0.25) is 5.91 Å². The molecule has 152 valence electrons. The van der Waals surface area contributed by atoms with Crippen LogP contribution in [0.25, 0.3) is 0 Å². The molecule has 1 fully saturated rings. The highest BCUT2D eigenvalue weighted by atomic mass is 19.3. The number of imide groups is 1. The van der Waals surface area contributed by atoms with Crippen LogP contribution in [-0.2, 0) is 15.1 Å². The Hall–Kier alpha value is -3.49. The summed E-state index contributed by atoms with van der Waals surface area (Å²) in [5, 5.41) is 4.99. The van der Waals surface area contributed by atoms with E-state index in [0.29, 0.717) is 5.56 Å². The van der Waals surface area contributed by atoms with E-state index in [1.807, 2.05) is 19.1 Å². The number of hydrogen-bond acceptors (Lipinski definition) is 4. The van der Waals surface area contributed by atoms with Crippen LogP contribution < -0.4 is 15.4 Å². The quantitative estimate of drug-likeness (QED) is 0.726. The number of rotatable bonds is 6. The molecule has 2 aromatic rings. The van der Waals surface area contributed by atoms with E-state index >= 15 is 0 Å². The molecule has 0 bridgehead atoms. The summed E-state index contributed by atoms with van der Waals surface area (Å²) in [7, 11) is 0. The Kier molecular flexibility index (Phi) is 5.49. The van der Waals surface area contributed by atoms with Crippen LogP contribution in [0.15, 0.2) is 48.5 Å². The standard InChI is InChI=1S/C20H19F2N3O4/c1-12-7-9-13(10-8-12)20(2)17(27)25(19(28)24-20)11-16(26)23-14-5-3-4-6-15(14)29-18(21)22/h3-10,18H,11H2,1-2H3,(H,23,26)(H,24,28). The van der Waals surface area contributed by atoms with E-state index in [9.17, 15) is 23.2 Å². The molecule has 3 rings (SSSR count). The van der Waals surface area contributed by atoms with Gasteiger partial charge in [-0.25, -0.2) is 4.79 Å². The number of amides is 4. The maximum Gasteiger partial charge on any atom is 0.387 e. The smallest absolute Gasteiger partial charge is 0.387 e. The van der Waals surface area contributed by atoms with E-state index < -0.39 is 36.5 Å². The lowest BCUT2D eigenvalue weighted by atomic mass is 9.91. The van der Waals surface area contributed by atoms with Crippen molar-refractivity contribution in [2.24, 2.45) is 0 Å². The van der Waals surface area contributed by atoms with Crippen molar-refractivity contribution in [1.29, 1.82) is 0 Å². The molecule has 0 spiro atoms. The molecule has 1 aliphatic heterocycles. The summed E-state index contributed by atoms with van der Waals surface area (Å²) in [6.07, 6.45) is 0. The fraction of sp³-hybridized carbons (Fsp3) is 0.250. The van der Waals surface area contributed by atoms with Crippen LogP contribution in [0.2, 0.25) is 0 Å². The van der Waals surface area contributed by atoms with Crippen molar-refractivity contribution in [1.82, 2.24) is 10.2 Å². The van der Waals surface area contributed by atoms with Gasteiger partial charge in [0.1, 0.15) is 17.8 Å². The van der Waals surface area contributed by atoms with Gasteiger partial charge in [0, 0.05) is 0 Å². The number of nitrogens with zero attached hydrogens (tertiary/aromatic N) is 1. The average molecular weight is 403 g/mol. The summed E-state index contributed by atoms with van der Waals surface area (Å²) in [4.78, 5) is 38.3. The van der Waals surface area contributed by atoms with Crippen molar-refractivity contribution in [3.63, 3.8) is 0 Å². The van der Waals surface area contributed by atoms with Gasteiger partial charge in [0.25, 0.3) is 5.91 Å². The van der Waals surface area contributed by atoms with E-state index in [1.54, 1.807) is 19.1 Å². The molecule has 1 heterocycles. The van der Waals surface area contributed by atoms with Gasteiger partial charge in [0.15, 0.2) is 0 Å². The number of benzene rings is 2. The summed E-state index contributed by atoms with van der Waals surface area (Å²) >= 11 is 0. The third kappa shape index (κ3) is 4.18. The summed E-state index contributed by atoms with van der Waals surface area (Å²) in [6.45, 7) is -0.182. The molecule has 2 N–H and O–H groups in total. The molecular weight excluding hydrogens is 384 g/mol. The second-order valence-corrected chi connectivity index (χ2v) is 6.74. The predicted molar refractivity (Wildman–Crippen MR) is 100 cm³/mol. The van der Waals surface area contributed by atoms with Gasteiger partial charge < -0.3 is 15.4 Å². The van der Waals surface area contributed by atoms with Crippen molar-refractivity contribution in [3.8, 4) is 5.75 Å². The first kappa shape index (κ1) is 20.2. The van der Waals surface area contributed by atoms with Crippen LogP contribution in [0.5, 0.6) is 5.75 Å². The van der Waals surface area contributed by atoms with Gasteiger partial charge in [-0.05, 0) is 31.5 Å². The molecule has 0 aromatic heterocycles. The summed E-state index contributed by atoms with van der Waals surface area (Å²) in [5.74, 6) is -1.54. The van der Waals surface area contributed by atoms with Gasteiger partial charge in [-0.3, -0.25) is 14.5 Å². The van der Waals surface area contributed by atoms with Gasteiger partial charge >= 0.3 is 12.6 Å². The Labute approximate surface area is 165 Å². The Bertz CT molecular complexity index is 949. The van der Waals surface area contributed by atoms with Gasteiger partial charge in [-0.2, -0.15) is 8.78 Å². The number of nitrogens with one attached hydrogen (secondary N) is 2. The summed E-state index contributed by atoms with van der Waals surface area (Å²) in [6, 6.07) is 12.0. The van der Waals surface area contributed by atoms with Crippen LogP contribution in [0.4, 0.5) is 19.3 Å². The van der Waals surface area contributed by atoms with Crippen molar-refractivity contribution < 1.29 is 27.9 Å². The predicted octanol–water partition coefficient (Wildman–Crippen LogP) is 3.00. The van der Waals surface area contributed by atoms with Crippen molar-refractivity contribution in [3.05, 3.63) is 59.7 Å². The third-order valence-electron chi connectivity index (χ3n) is 4.58. The molecule has 1 aliphatic rings. The summed E-state index contributed by atoms with van der Waals surface area (Å²) < 4.78 is 29.3. The third-order valence-corrected chi connectivity index (χ3v) is 4.58. The number of urea groups is 1. The minimum atomic E-state index is -3.06. The highest BCUT2D eigenvalue weighted by Gasteiger charge is 2.49. The second-order valence-electron chi connectivity index (χ2n) is 6.74. The maximum absolute atomic E-state index is 12.9. The molecule has 4 amide bonds. The zero-order chi connectivity index (χ0) is 21.2. The second kappa shape index (κ2) is 7.86. The van der Waals surface area contributed by atoms with Crippen LogP contribution in [0.1, 0.15) is 18.1 Å². The molecule has 29 heavy (non-hydrogen) atoms. The van der Waals surface area contributed by atoms with E-state index in [2.05, 4.69) is 15.4 Å². The van der Waals surface area contributed by atoms with Crippen molar-refractivity contribution in [2.75, 3.05) is 11.9 Å². The molecule has 9 heteroatoms. The molecule has 1 unspecified atom stereocenters. The monoisotopic (exact) mass is 403 g/mol. The van der Waals surface area contributed by atoms with Gasteiger partial charge in [-0.15, -0.1) is 0 Å². The summed E-state index contributed by atoms with van der Waals surface area (Å²) in [5.41, 5.74) is 0.281. The normalized spacial score (nSPS) is 18.7. The Balaban J connectivity index is 1.74. The fourth-order valence-electron chi connectivity index (χ4n) is 3.03. The van der Waals surface area contributed by atoms with Crippen LogP contribution in [0.3, 0.4) is 0 Å². The number of carbonyl (C=O) groups is 3. The lowest BCUT2D eigenvalue weighted by Gasteiger charge is -2.22. The lowest BCUT2D eigenvalue weighted by molar-refractivity contribution is -0.133. The molecule has 2 aromatic carbocycles. The Morgan fingerprint density at radius 3 is 2.48 bits per heavy atom. The zero-order valence-corrected chi connectivity index (χ0v) is 15.7. The minimum Gasteiger partial charge on any atom is -0.433 e. The Morgan fingerprint density at radius 1 is 1.17 bits per heavy atom. The number of alkyl halides is 2. The van der Waals surface area contributed by atoms with E-state index in [-0.39, 0.29) is 11.4 Å². The number of ether oxygens (including phenoxy) is 1. The number of aryl methyl sites for hydroxylation is 1. The van der Waals surface area contributed by atoms with Crippen LogP contribution in [0, 0.1) is 6.92 Å². The average Bonchev–Trinajstić information content (AvgIpc) is 2.87. The first-order valence-electron chi connectivity index (χ1n) is 8.75. The van der Waals surface area contributed by atoms with E-state index in [0.717, 1.165) is 10.5 Å². The van der Waals surface area contributed by atoms with Crippen molar-refractivity contribution in [2.45, 2.75) is 26.0 Å². The van der Waals surface area contributed by atoms with E-state index in [4.69, 9.17) is 0 Å². The molecule has 0 saturated carbocycles. The van der Waals surface area contributed by atoms with Gasteiger partial charge in [0.05, 0.1) is 5.69 Å². The number of carbonyl (C=O) groups excluding carboxylic acids is 3. The fourth-order valence-corrected chi connectivity index (χ4v) is 3.03. The number of hydrogen-bond donors (Lipinski definition) is 2. The van der Waals surface area contributed by atoms with Crippen LogP contribution in [-0.4, -0.2) is 35.9 Å². The maximum atomic E-state index is 12.9. The first-order chi connectivity index (χ1) is 13.7. The zero-order valence-electron chi connectivity index (χ0n) is 15.7. The van der Waals surface area contributed by atoms with Crippen molar-refractivity contribution >= 4 is 23.5 Å². The number of halogens is 2. The first-order valence-corrected chi connectivity index (χ1v) is 8.75. The number of para-hydroxylation sites is 2. The topological polar surface area (TPSA) is 87.7 Å². The molecule has 1 saturated heterocycles. The van der Waals surface area contributed by atoms with E-state index in [1.165, 1.54) is 24.3 Å². The molecule has 7 nitrogen and oxygen atoms in total. The van der Waals surface area contributed by atoms with Crippen LogP contribution >= 0.6 is 0 Å². The highest BCUT2D eigenvalue weighted by Crippen LogP contribution is 2.29. The SMILES string of the molecule is Cc1ccc(C2(C)NC(=O)N(CC(=O)Nc3ccccc3OC(F)F)C2=O)cc1. The number of anilines is 1. The molecular formula is C20H19F2N3O4. The highest BCUT2D eigenvalue weighted by molar-refractivity contribution is 6.10. The van der Waals surface area contributed by atoms with Gasteiger partial charge in [-0.1, -0.05) is 42.0 Å². The largest absolute Gasteiger partial charge is 0.433 e. The molecule has 0 radical (unpaired) electrons. The molecule has 0 aliphatic carbocycles. The molecule has 1 atom stereocenters. The Morgan fingerprint density at radius 2 is 1.83 bits per heavy atom. The lowest BCUT2D eigenvalue weighted by Crippen LogP contribution is -2.42.